The number of anilines is 1. The number of nitrogens with one attached hydrogen (secondary N) is 1. The third-order valence-electron chi connectivity index (χ3n) is 7.40. The molecule has 10 heteroatoms. The molecule has 1 amide bonds. The van der Waals surface area contributed by atoms with Gasteiger partial charge in [0.1, 0.15) is 0 Å². The van der Waals surface area contributed by atoms with Crippen molar-refractivity contribution in [2.45, 2.75) is 39.0 Å². The average Bonchev–Trinajstić information content (AvgIpc) is 3.50. The summed E-state index contributed by atoms with van der Waals surface area (Å²) in [6.45, 7) is 6.44. The number of nitriles is 1. The summed E-state index contributed by atoms with van der Waals surface area (Å²) in [5, 5.41) is 16.2. The van der Waals surface area contributed by atoms with Crippen molar-refractivity contribution in [3.8, 4) is 6.07 Å². The number of nitrogens with zero attached hydrogens (tertiary/aromatic N) is 5. The molecule has 0 bridgehead atoms. The van der Waals surface area contributed by atoms with Crippen molar-refractivity contribution >= 4 is 11.6 Å². The second kappa shape index (κ2) is 10.3. The van der Waals surface area contributed by atoms with Crippen LogP contribution < -0.4 is 10.2 Å². The van der Waals surface area contributed by atoms with Crippen molar-refractivity contribution < 1.29 is 18.0 Å². The SMILES string of the molecule is CCn1cc(CN2CCC([C@@H]3CN(c4ccc(C#N)c(C(F)(F)F)c4)C[C@H]3C(=O)NC)CC2)cn1. The van der Waals surface area contributed by atoms with Crippen LogP contribution in [0.15, 0.2) is 30.6 Å². The molecule has 0 radical (unpaired) electrons. The van der Waals surface area contributed by atoms with E-state index in [-0.39, 0.29) is 17.7 Å². The zero-order valence-corrected chi connectivity index (χ0v) is 20.1. The number of amides is 1. The van der Waals surface area contributed by atoms with E-state index in [0.29, 0.717) is 24.7 Å². The van der Waals surface area contributed by atoms with Crippen LogP contribution in [-0.4, -0.2) is 53.8 Å². The Hall–Kier alpha value is -3.06. The summed E-state index contributed by atoms with van der Waals surface area (Å²) in [4.78, 5) is 17.0. The van der Waals surface area contributed by atoms with Crippen molar-refractivity contribution in [2.24, 2.45) is 17.8 Å². The molecule has 2 atom stereocenters. The molecule has 1 aromatic carbocycles. The van der Waals surface area contributed by atoms with Crippen LogP contribution in [0.4, 0.5) is 18.9 Å². The smallest absolute Gasteiger partial charge is 0.370 e. The number of likely N-dealkylation sites (tertiary alicyclic amines) is 1. The van der Waals surface area contributed by atoms with Gasteiger partial charge in [-0.3, -0.25) is 14.4 Å². The lowest BCUT2D eigenvalue weighted by atomic mass is 9.78. The van der Waals surface area contributed by atoms with Crippen molar-refractivity contribution in [3.05, 3.63) is 47.3 Å². The van der Waals surface area contributed by atoms with Crippen LogP contribution in [0.3, 0.4) is 0 Å². The molecular weight excluding hydrogens is 457 g/mol. The largest absolute Gasteiger partial charge is 0.417 e. The van der Waals surface area contributed by atoms with Crippen LogP contribution in [-0.2, 0) is 24.1 Å². The number of piperidine rings is 1. The van der Waals surface area contributed by atoms with Crippen LogP contribution in [0.25, 0.3) is 0 Å². The molecule has 2 aliphatic rings. The number of carbonyl (C=O) groups excluding carboxylic acids is 1. The van der Waals surface area contributed by atoms with E-state index < -0.39 is 17.3 Å². The van der Waals surface area contributed by atoms with Crippen molar-refractivity contribution in [2.75, 3.05) is 38.1 Å². The van der Waals surface area contributed by atoms with E-state index in [1.54, 1.807) is 19.2 Å². The molecule has 2 fully saturated rings. The molecule has 2 aromatic rings. The molecule has 0 aliphatic carbocycles. The third kappa shape index (κ3) is 5.45. The second-order valence-electron chi connectivity index (χ2n) is 9.45. The van der Waals surface area contributed by atoms with Gasteiger partial charge in [-0.15, -0.1) is 0 Å². The minimum atomic E-state index is -4.61. The summed E-state index contributed by atoms with van der Waals surface area (Å²) >= 11 is 0. The van der Waals surface area contributed by atoms with Gasteiger partial charge in [0.05, 0.1) is 29.3 Å². The fourth-order valence-corrected chi connectivity index (χ4v) is 5.50. The minimum absolute atomic E-state index is 0.0601. The van der Waals surface area contributed by atoms with E-state index in [1.165, 1.54) is 11.6 Å². The predicted octanol–water partition coefficient (Wildman–Crippen LogP) is 3.50. The summed E-state index contributed by atoms with van der Waals surface area (Å²) < 4.78 is 42.4. The number of carbonyl (C=O) groups is 1. The number of rotatable bonds is 6. The molecule has 1 N–H and O–H groups in total. The highest BCUT2D eigenvalue weighted by Gasteiger charge is 2.43. The first kappa shape index (κ1) is 25.0. The van der Waals surface area contributed by atoms with E-state index >= 15 is 0 Å². The molecular formula is C25H31F3N6O. The molecule has 3 heterocycles. The Morgan fingerprint density at radius 1 is 1.26 bits per heavy atom. The van der Waals surface area contributed by atoms with Gasteiger partial charge in [-0.05, 0) is 62.9 Å². The summed E-state index contributed by atoms with van der Waals surface area (Å²) in [5.74, 6) is 0.0169. The lowest BCUT2D eigenvalue weighted by molar-refractivity contribution is -0.137. The first-order chi connectivity index (χ1) is 16.7. The second-order valence-corrected chi connectivity index (χ2v) is 9.45. The van der Waals surface area contributed by atoms with Crippen LogP contribution in [0.2, 0.25) is 0 Å². The summed E-state index contributed by atoms with van der Waals surface area (Å²) in [5.41, 5.74) is 0.258. The Morgan fingerprint density at radius 2 is 2.00 bits per heavy atom. The average molecular weight is 489 g/mol. The Kier molecular flexibility index (Phi) is 7.36. The van der Waals surface area contributed by atoms with E-state index in [2.05, 4.69) is 28.4 Å². The van der Waals surface area contributed by atoms with E-state index in [0.717, 1.165) is 45.1 Å². The first-order valence-electron chi connectivity index (χ1n) is 12.0. The Labute approximate surface area is 203 Å². The molecule has 0 saturated carbocycles. The number of alkyl halides is 3. The maximum absolute atomic E-state index is 13.5. The van der Waals surface area contributed by atoms with Gasteiger partial charge in [0.25, 0.3) is 0 Å². The monoisotopic (exact) mass is 488 g/mol. The predicted molar refractivity (Wildman–Crippen MR) is 125 cm³/mol. The Bertz CT molecular complexity index is 1080. The quantitative estimate of drug-likeness (QED) is 0.674. The van der Waals surface area contributed by atoms with Gasteiger partial charge in [0.2, 0.25) is 5.91 Å². The summed E-state index contributed by atoms with van der Waals surface area (Å²) in [7, 11) is 1.60. The number of hydrogen-bond donors (Lipinski definition) is 1. The van der Waals surface area contributed by atoms with Crippen LogP contribution >= 0.6 is 0 Å². The molecule has 2 aliphatic heterocycles. The number of hydrogen-bond acceptors (Lipinski definition) is 5. The standard InChI is InChI=1S/C25H31F3N6O/c1-3-34-14-17(12-31-34)13-32-8-6-18(7-9-32)21-15-33(16-22(21)24(35)30-2)20-5-4-19(11-29)23(10-20)25(26,27)28/h4-5,10,12,14,18,21-22H,3,6-9,13,15-16H2,1-2H3,(H,30,35)/t21-,22+/m0/s1. The van der Waals surface area contributed by atoms with Crippen LogP contribution in [0, 0.1) is 29.1 Å². The highest BCUT2D eigenvalue weighted by atomic mass is 19.4. The van der Waals surface area contributed by atoms with Gasteiger partial charge in [-0.2, -0.15) is 23.5 Å². The zero-order valence-electron chi connectivity index (χ0n) is 20.1. The molecule has 4 rings (SSSR count). The summed E-state index contributed by atoms with van der Waals surface area (Å²) in [6, 6.07) is 5.45. The Morgan fingerprint density at radius 3 is 2.60 bits per heavy atom. The van der Waals surface area contributed by atoms with Crippen molar-refractivity contribution in [3.63, 3.8) is 0 Å². The molecule has 35 heavy (non-hydrogen) atoms. The number of halogens is 3. The van der Waals surface area contributed by atoms with Crippen molar-refractivity contribution in [1.29, 1.82) is 5.26 Å². The topological polar surface area (TPSA) is 77.2 Å². The zero-order chi connectivity index (χ0) is 25.2. The molecule has 188 valence electrons. The number of aryl methyl sites for hydroxylation is 1. The maximum atomic E-state index is 13.5. The Balaban J connectivity index is 1.46. The third-order valence-corrected chi connectivity index (χ3v) is 7.40. The molecule has 2 saturated heterocycles. The van der Waals surface area contributed by atoms with E-state index in [1.807, 2.05) is 15.8 Å². The normalized spacial score (nSPS) is 21.8. The molecule has 7 nitrogen and oxygen atoms in total. The van der Waals surface area contributed by atoms with Gasteiger partial charge in [-0.25, -0.2) is 0 Å². The highest BCUT2D eigenvalue weighted by Crippen LogP contribution is 2.40. The molecule has 0 unspecified atom stereocenters. The number of benzene rings is 1. The first-order valence-corrected chi connectivity index (χ1v) is 12.0. The maximum Gasteiger partial charge on any atom is 0.417 e. The molecule has 0 spiro atoms. The molecule has 1 aromatic heterocycles. The van der Waals surface area contributed by atoms with Crippen LogP contribution in [0.5, 0.6) is 0 Å². The van der Waals surface area contributed by atoms with Gasteiger partial charge >= 0.3 is 6.18 Å². The minimum Gasteiger partial charge on any atom is -0.370 e. The van der Waals surface area contributed by atoms with Crippen LogP contribution in [0.1, 0.15) is 36.5 Å². The van der Waals surface area contributed by atoms with Gasteiger partial charge in [0.15, 0.2) is 0 Å². The number of aromatic nitrogens is 2. The lowest BCUT2D eigenvalue weighted by Gasteiger charge is -2.36. The highest BCUT2D eigenvalue weighted by molar-refractivity contribution is 5.80. The fourth-order valence-electron chi connectivity index (χ4n) is 5.50. The lowest BCUT2D eigenvalue weighted by Crippen LogP contribution is -2.40. The fraction of sp³-hybridized carbons (Fsp3) is 0.560. The van der Waals surface area contributed by atoms with Crippen molar-refractivity contribution in [1.82, 2.24) is 20.0 Å². The van der Waals surface area contributed by atoms with Gasteiger partial charge in [-0.1, -0.05) is 0 Å². The van der Waals surface area contributed by atoms with E-state index in [4.69, 9.17) is 5.26 Å². The summed E-state index contributed by atoms with van der Waals surface area (Å²) in [6.07, 6.45) is 1.24. The van der Waals surface area contributed by atoms with Gasteiger partial charge in [0, 0.05) is 50.7 Å². The van der Waals surface area contributed by atoms with E-state index in [9.17, 15) is 18.0 Å². The van der Waals surface area contributed by atoms with Gasteiger partial charge < -0.3 is 10.2 Å².